The quantitative estimate of drug-likeness (QED) is 0.204. The summed E-state index contributed by atoms with van der Waals surface area (Å²) in [5, 5.41) is 4.32. The summed E-state index contributed by atoms with van der Waals surface area (Å²) in [6.07, 6.45) is 0. The molecule has 0 aliphatic carbocycles. The van der Waals surface area contributed by atoms with E-state index in [1.807, 2.05) is 49.4 Å². The third kappa shape index (κ3) is 6.62. The van der Waals surface area contributed by atoms with E-state index >= 15 is 0 Å². The van der Waals surface area contributed by atoms with E-state index in [1.165, 1.54) is 9.87 Å². The fraction of sp³-hybridized carbons (Fsp3) is 0.188. The lowest BCUT2D eigenvalue weighted by Crippen LogP contribution is -2.33. The van der Waals surface area contributed by atoms with Crippen molar-refractivity contribution in [2.24, 2.45) is 5.10 Å². The normalized spacial score (nSPS) is 12.2. The zero-order valence-corrected chi connectivity index (χ0v) is 23.4. The zero-order chi connectivity index (χ0) is 28.0. The van der Waals surface area contributed by atoms with Crippen LogP contribution in [0.4, 0.5) is 5.69 Å². The molecule has 0 spiro atoms. The van der Waals surface area contributed by atoms with Crippen molar-refractivity contribution in [3.63, 3.8) is 0 Å². The van der Waals surface area contributed by atoms with Gasteiger partial charge in [-0.3, -0.25) is 9.10 Å². The number of nitrogens with zero attached hydrogens (tertiary/aromatic N) is 2. The average Bonchev–Trinajstić information content (AvgIpc) is 2.95. The first kappa shape index (κ1) is 27.8. The van der Waals surface area contributed by atoms with Crippen molar-refractivity contribution in [1.82, 2.24) is 5.43 Å². The van der Waals surface area contributed by atoms with Gasteiger partial charge in [-0.15, -0.1) is 0 Å². The first-order chi connectivity index (χ1) is 18.6. The Hall–Kier alpha value is -4.23. The Morgan fingerprint density at radius 2 is 1.36 bits per heavy atom. The maximum atomic E-state index is 13.8. The van der Waals surface area contributed by atoms with Gasteiger partial charge in [0.15, 0.2) is 0 Å². The number of nitrogens with one attached hydrogen (secondary N) is 1. The Morgan fingerprint density at radius 3 is 1.97 bits per heavy atom. The Labute approximate surface area is 231 Å². The molecule has 6 nitrogen and oxygen atoms in total. The predicted molar refractivity (Wildman–Crippen MR) is 158 cm³/mol. The number of rotatable bonds is 8. The molecule has 7 heteroatoms. The Bertz CT molecular complexity index is 1560. The molecule has 0 aromatic heterocycles. The molecule has 4 aromatic carbocycles. The van der Waals surface area contributed by atoms with Gasteiger partial charge in [-0.1, -0.05) is 106 Å². The van der Waals surface area contributed by atoms with Crippen molar-refractivity contribution in [2.75, 3.05) is 4.31 Å². The van der Waals surface area contributed by atoms with Crippen LogP contribution < -0.4 is 9.73 Å². The van der Waals surface area contributed by atoms with Gasteiger partial charge in [-0.25, -0.2) is 13.8 Å². The summed E-state index contributed by atoms with van der Waals surface area (Å²) in [4.78, 5) is 13.5. The van der Waals surface area contributed by atoms with Gasteiger partial charge in [0.1, 0.15) is 0 Å². The number of carbonyl (C=O) groups excluding carboxylic acids is 1. The van der Waals surface area contributed by atoms with Crippen LogP contribution in [0.1, 0.15) is 54.7 Å². The molecule has 0 aliphatic rings. The molecule has 1 N–H and O–H groups in total. The molecule has 0 saturated carbocycles. The molecule has 0 bridgehead atoms. The predicted octanol–water partition coefficient (Wildman–Crippen LogP) is 6.53. The highest BCUT2D eigenvalue weighted by Crippen LogP contribution is 2.29. The summed E-state index contributed by atoms with van der Waals surface area (Å²) in [7, 11) is -3.98. The van der Waals surface area contributed by atoms with E-state index in [1.54, 1.807) is 54.6 Å². The van der Waals surface area contributed by atoms with Gasteiger partial charge >= 0.3 is 0 Å². The average molecular weight is 540 g/mol. The second kappa shape index (κ2) is 11.7. The minimum absolute atomic E-state index is 0.0349. The number of hydrazone groups is 1. The summed E-state index contributed by atoms with van der Waals surface area (Å²) in [5.41, 5.74) is 6.64. The van der Waals surface area contributed by atoms with E-state index in [4.69, 9.17) is 0 Å². The van der Waals surface area contributed by atoms with Crippen LogP contribution in [0.15, 0.2) is 119 Å². The second-order valence-corrected chi connectivity index (χ2v) is 12.2. The molecule has 0 fully saturated rings. The summed E-state index contributed by atoms with van der Waals surface area (Å²) >= 11 is 0. The fourth-order valence-electron chi connectivity index (χ4n) is 4.12. The number of hydrogen-bond acceptors (Lipinski definition) is 4. The smallest absolute Gasteiger partial charge is 0.267 e. The number of carbonyl (C=O) groups is 1. The van der Waals surface area contributed by atoms with E-state index in [0.29, 0.717) is 5.71 Å². The summed E-state index contributed by atoms with van der Waals surface area (Å²) in [5.74, 6) is -0.502. The Kier molecular flexibility index (Phi) is 8.31. The van der Waals surface area contributed by atoms with Gasteiger partial charge in [-0.05, 0) is 53.3 Å². The number of benzene rings is 4. The van der Waals surface area contributed by atoms with Gasteiger partial charge in [0.25, 0.3) is 15.9 Å². The monoisotopic (exact) mass is 539 g/mol. The van der Waals surface area contributed by atoms with Crippen molar-refractivity contribution in [3.05, 3.63) is 131 Å². The Morgan fingerprint density at radius 1 is 0.795 bits per heavy atom. The maximum absolute atomic E-state index is 13.8. The first-order valence-corrected chi connectivity index (χ1v) is 14.2. The van der Waals surface area contributed by atoms with Crippen LogP contribution in [0, 0.1) is 0 Å². The van der Waals surface area contributed by atoms with Gasteiger partial charge < -0.3 is 0 Å². The van der Waals surface area contributed by atoms with Crippen molar-refractivity contribution < 1.29 is 13.2 Å². The van der Waals surface area contributed by atoms with Crippen LogP contribution in [0.25, 0.3) is 0 Å². The van der Waals surface area contributed by atoms with Crippen LogP contribution >= 0.6 is 0 Å². The van der Waals surface area contributed by atoms with Crippen LogP contribution in [0.3, 0.4) is 0 Å². The molecule has 200 valence electrons. The molecule has 39 heavy (non-hydrogen) atoms. The van der Waals surface area contributed by atoms with Crippen molar-refractivity contribution in [3.8, 4) is 0 Å². The second-order valence-electron chi connectivity index (χ2n) is 10.3. The molecule has 4 aromatic rings. The number of anilines is 1. The number of para-hydroxylation sites is 1. The number of sulfonamides is 1. The van der Waals surface area contributed by atoms with E-state index in [9.17, 15) is 13.2 Å². The minimum Gasteiger partial charge on any atom is -0.267 e. The summed E-state index contributed by atoms with van der Waals surface area (Å²) < 4.78 is 28.9. The minimum atomic E-state index is -3.98. The van der Waals surface area contributed by atoms with Crippen LogP contribution in [0.5, 0.6) is 0 Å². The molecule has 0 saturated heterocycles. The highest BCUT2D eigenvalue weighted by atomic mass is 32.2. The van der Waals surface area contributed by atoms with E-state index < -0.39 is 15.9 Å². The zero-order valence-electron chi connectivity index (χ0n) is 22.6. The molecule has 1 amide bonds. The molecule has 0 radical (unpaired) electrons. The topological polar surface area (TPSA) is 78.8 Å². The Balaban J connectivity index is 1.67. The standard InChI is InChI=1S/C32H33N3O3S/c1-24(26-19-21-27(22-20-26)32(2,3)4)33-34-31(36)29-17-11-12-18-30(29)35(23-25-13-7-5-8-14-25)39(37,38)28-15-9-6-10-16-28/h5-22H,23H2,1-4H3,(H,34,36)/b33-24-. The fourth-order valence-corrected chi connectivity index (χ4v) is 5.62. The van der Waals surface area contributed by atoms with Crippen molar-refractivity contribution >= 4 is 27.3 Å². The highest BCUT2D eigenvalue weighted by molar-refractivity contribution is 7.92. The largest absolute Gasteiger partial charge is 0.273 e. The number of hydrogen-bond donors (Lipinski definition) is 1. The van der Waals surface area contributed by atoms with Gasteiger partial charge in [0.05, 0.1) is 28.4 Å². The molecule has 0 unspecified atom stereocenters. The molecule has 0 atom stereocenters. The van der Waals surface area contributed by atoms with Gasteiger partial charge in [0.2, 0.25) is 0 Å². The third-order valence-corrected chi connectivity index (χ3v) is 8.19. The summed E-state index contributed by atoms with van der Waals surface area (Å²) in [6, 6.07) is 32.3. The lowest BCUT2D eigenvalue weighted by molar-refractivity contribution is 0.0955. The lowest BCUT2D eigenvalue weighted by atomic mass is 9.86. The van der Waals surface area contributed by atoms with Crippen molar-refractivity contribution in [2.45, 2.75) is 44.6 Å². The summed E-state index contributed by atoms with van der Waals surface area (Å²) in [6.45, 7) is 8.34. The van der Waals surface area contributed by atoms with E-state index in [-0.39, 0.29) is 28.1 Å². The van der Waals surface area contributed by atoms with E-state index in [0.717, 1.165) is 11.1 Å². The molecule has 0 heterocycles. The van der Waals surface area contributed by atoms with Crippen LogP contribution in [0.2, 0.25) is 0 Å². The molecular formula is C32H33N3O3S. The van der Waals surface area contributed by atoms with Gasteiger partial charge in [0, 0.05) is 0 Å². The third-order valence-electron chi connectivity index (χ3n) is 6.41. The van der Waals surface area contributed by atoms with E-state index in [2.05, 4.69) is 43.4 Å². The lowest BCUT2D eigenvalue weighted by Gasteiger charge is -2.26. The maximum Gasteiger partial charge on any atom is 0.273 e. The molecule has 0 aliphatic heterocycles. The molecule has 4 rings (SSSR count). The molecular weight excluding hydrogens is 506 g/mol. The van der Waals surface area contributed by atoms with Gasteiger partial charge in [-0.2, -0.15) is 5.10 Å². The van der Waals surface area contributed by atoms with Crippen molar-refractivity contribution in [1.29, 1.82) is 0 Å². The first-order valence-electron chi connectivity index (χ1n) is 12.7. The van der Waals surface area contributed by atoms with Crippen LogP contribution in [-0.4, -0.2) is 20.0 Å². The van der Waals surface area contributed by atoms with Crippen LogP contribution in [-0.2, 0) is 22.0 Å². The highest BCUT2D eigenvalue weighted by Gasteiger charge is 2.28. The SMILES string of the molecule is C/C(=N/NC(=O)c1ccccc1N(Cc1ccccc1)S(=O)(=O)c1ccccc1)c1ccc(C(C)(C)C)cc1. The number of amides is 1.